The fourth-order valence-corrected chi connectivity index (χ4v) is 10.1. The van der Waals surface area contributed by atoms with E-state index in [2.05, 4.69) is 22.8 Å². The second-order valence-corrected chi connectivity index (χ2v) is 20.0. The van der Waals surface area contributed by atoms with Crippen molar-refractivity contribution in [3.8, 4) is 23.0 Å². The molecule has 0 spiro atoms. The predicted molar refractivity (Wildman–Crippen MR) is 288 cm³/mol. The van der Waals surface area contributed by atoms with Crippen molar-refractivity contribution in [3.63, 3.8) is 0 Å². The van der Waals surface area contributed by atoms with Crippen molar-refractivity contribution in [1.29, 1.82) is 5.41 Å². The Morgan fingerprint density at radius 1 is 0.792 bits per heavy atom. The first kappa shape index (κ1) is 53.5. The molecule has 19 heteroatoms. The molecule has 4 aliphatic heterocycles. The van der Waals surface area contributed by atoms with Crippen LogP contribution in [0.2, 0.25) is 0 Å². The Morgan fingerprint density at radius 3 is 2.06 bits per heavy atom. The van der Waals surface area contributed by atoms with Gasteiger partial charge >= 0.3 is 6.09 Å². The van der Waals surface area contributed by atoms with E-state index < -0.39 is 47.7 Å². The molecule has 5 aromatic rings. The molecule has 19 nitrogen and oxygen atoms in total. The Hall–Kier alpha value is -8.29. The van der Waals surface area contributed by atoms with E-state index in [0.29, 0.717) is 72.8 Å². The van der Waals surface area contributed by atoms with E-state index >= 15 is 0 Å². The van der Waals surface area contributed by atoms with Gasteiger partial charge in [0.15, 0.2) is 29.2 Å². The molecule has 0 aromatic heterocycles. The van der Waals surface area contributed by atoms with E-state index in [-0.39, 0.29) is 66.8 Å². The maximum atomic E-state index is 14.8. The van der Waals surface area contributed by atoms with Gasteiger partial charge in [0.25, 0.3) is 11.8 Å². The van der Waals surface area contributed by atoms with Crippen LogP contribution in [0.5, 0.6) is 23.0 Å². The number of amides is 5. The van der Waals surface area contributed by atoms with E-state index in [1.807, 2.05) is 61.4 Å². The lowest BCUT2D eigenvalue weighted by molar-refractivity contribution is -0.127. The van der Waals surface area contributed by atoms with Gasteiger partial charge in [0, 0.05) is 49.8 Å². The molecule has 5 aromatic carbocycles. The first-order chi connectivity index (χ1) is 37.1. The number of ether oxygens (including phenoxy) is 5. The Bertz CT molecular complexity index is 3110. The molecular weight excluding hydrogens is 985 g/mol. The van der Waals surface area contributed by atoms with Crippen LogP contribution in [0.4, 0.5) is 21.9 Å². The van der Waals surface area contributed by atoms with Crippen LogP contribution in [-0.2, 0) is 46.9 Å². The maximum Gasteiger partial charge on any atom is 0.416 e. The van der Waals surface area contributed by atoms with Gasteiger partial charge in [0.2, 0.25) is 11.8 Å². The number of aliphatic hydroxyl groups is 1. The van der Waals surface area contributed by atoms with Crippen LogP contribution in [0.3, 0.4) is 0 Å². The van der Waals surface area contributed by atoms with Gasteiger partial charge in [-0.1, -0.05) is 74.5 Å². The molecule has 6 N–H and O–H groups in total. The first-order valence-corrected chi connectivity index (χ1v) is 25.8. The van der Waals surface area contributed by atoms with E-state index in [1.165, 1.54) is 36.8 Å². The zero-order chi connectivity index (χ0) is 54.5. The Kier molecular flexibility index (Phi) is 15.9. The highest BCUT2D eigenvalue weighted by molar-refractivity contribution is 6.08. The number of nitrogens with zero attached hydrogens (tertiary/aromatic N) is 4. The van der Waals surface area contributed by atoms with Gasteiger partial charge in [-0.2, -0.15) is 0 Å². The second kappa shape index (κ2) is 22.9. The molecule has 9 rings (SSSR count). The first-order valence-electron chi connectivity index (χ1n) is 25.8. The summed E-state index contributed by atoms with van der Waals surface area (Å²) in [6.45, 7) is 5.99. The summed E-state index contributed by atoms with van der Waals surface area (Å²) in [5.41, 5.74) is 10.1. The fraction of sp³-hybridized carbons (Fsp3) is 0.362. The number of anilines is 2. The number of hydrogen-bond acceptors (Lipinski definition) is 14. The number of fused-ring (bicyclic) bond motifs is 6. The number of nitrogens with two attached hydrogens (primary N) is 1. The Balaban J connectivity index is 0.874. The minimum Gasteiger partial charge on any atom is -0.493 e. The molecule has 0 fully saturated rings. The van der Waals surface area contributed by atoms with E-state index in [4.69, 9.17) is 39.8 Å². The summed E-state index contributed by atoms with van der Waals surface area (Å²) in [5.74, 6) is -0.364. The van der Waals surface area contributed by atoms with Crippen molar-refractivity contribution >= 4 is 59.2 Å². The van der Waals surface area contributed by atoms with Gasteiger partial charge in [0.05, 0.1) is 62.0 Å². The standard InChI is InChI=1S/C58H64N8O11/c1-34(2)51(60)53(68)62-35(3)52(67)63-41-19-17-36(18-20-41)32-77-57(72)66-46-27-50(48(74-5)25-44(46)55(70)65-31-40-16-10-8-14-38(40)28-58(65,33-59)56(66)71)76-22-12-6-11-21-75-49-26-45-43(24-47(49)73-4)54(69)64-30-39-15-9-7-13-37(39)23-42(64)29-61-45/h7-10,13-20,24-27,29,33-35,42,51,56,59,71H,6,11-12,21-23,28,30-32,60H2,1-5H3,(H,62,68)(H,63,67)/t35-,42-,51-,56?,58?/m0/s1. The molecule has 77 heavy (non-hydrogen) atoms. The number of unbranched alkanes of at least 4 members (excludes halogenated alkanes) is 2. The number of methoxy groups -OCH3 is 2. The highest BCUT2D eigenvalue weighted by atomic mass is 16.6. The maximum absolute atomic E-state index is 14.8. The van der Waals surface area contributed by atoms with Crippen LogP contribution in [0.25, 0.3) is 0 Å². The summed E-state index contributed by atoms with van der Waals surface area (Å²) in [7, 11) is 2.97. The van der Waals surface area contributed by atoms with Crippen LogP contribution in [0.15, 0.2) is 102 Å². The molecule has 402 valence electrons. The third-order valence-electron chi connectivity index (χ3n) is 14.7. The van der Waals surface area contributed by atoms with Gasteiger partial charge in [-0.25, -0.2) is 9.69 Å². The van der Waals surface area contributed by atoms with Gasteiger partial charge < -0.3 is 60.4 Å². The van der Waals surface area contributed by atoms with Crippen molar-refractivity contribution in [3.05, 3.63) is 136 Å². The van der Waals surface area contributed by atoms with Gasteiger partial charge in [-0.3, -0.25) is 24.2 Å². The minimum absolute atomic E-state index is 0.00761. The smallest absolute Gasteiger partial charge is 0.416 e. The number of carbonyl (C=O) groups excluding carboxylic acids is 5. The second-order valence-electron chi connectivity index (χ2n) is 20.0. The molecule has 0 saturated heterocycles. The lowest BCUT2D eigenvalue weighted by atomic mass is 9.81. The molecule has 4 heterocycles. The van der Waals surface area contributed by atoms with Crippen LogP contribution < -0.4 is 40.2 Å². The molecule has 4 aliphatic rings. The van der Waals surface area contributed by atoms with Crippen molar-refractivity contribution < 1.29 is 52.8 Å². The molecular formula is C58H64N8O11. The van der Waals surface area contributed by atoms with E-state index in [0.717, 1.165) is 27.8 Å². The average Bonchev–Trinajstić information content (AvgIpc) is 3.63. The highest BCUT2D eigenvalue weighted by Gasteiger charge is 2.55. The number of nitrogens with one attached hydrogen (secondary N) is 3. The average molecular weight is 1050 g/mol. The largest absolute Gasteiger partial charge is 0.493 e. The van der Waals surface area contributed by atoms with E-state index in [9.17, 15) is 29.1 Å². The van der Waals surface area contributed by atoms with Gasteiger partial charge in [-0.05, 0) is 90.6 Å². The van der Waals surface area contributed by atoms with Crippen molar-refractivity contribution in [2.45, 2.75) is 102 Å². The number of hydrogen-bond donors (Lipinski definition) is 5. The summed E-state index contributed by atoms with van der Waals surface area (Å²) in [4.78, 5) is 77.5. The third kappa shape index (κ3) is 10.9. The number of benzene rings is 5. The fourth-order valence-electron chi connectivity index (χ4n) is 10.1. The summed E-state index contributed by atoms with van der Waals surface area (Å²) < 4.78 is 29.8. The van der Waals surface area contributed by atoms with Gasteiger partial charge in [0.1, 0.15) is 18.2 Å². The quantitative estimate of drug-likeness (QED) is 0.0436. The van der Waals surface area contributed by atoms with E-state index in [1.54, 1.807) is 43.3 Å². The summed E-state index contributed by atoms with van der Waals surface area (Å²) in [6.07, 6.45) is 2.65. The molecule has 0 radical (unpaired) electrons. The van der Waals surface area contributed by atoms with Crippen LogP contribution in [0, 0.1) is 11.3 Å². The predicted octanol–water partition coefficient (Wildman–Crippen LogP) is 7.10. The SMILES string of the molecule is COc1cc2c(cc1OCCCCCOc1cc3c(cc1OC)C(=O)N1Cc4ccccc4CC1(C=N)C(O)N3C(=O)OCc1ccc(NC(=O)[C@H](C)NC(=O)[C@@H](N)C(C)C)cc1)N=C[C@@H]1Cc3ccccc3CN1C2=O. The van der Waals surface area contributed by atoms with Crippen LogP contribution in [-0.4, -0.2) is 114 Å². The van der Waals surface area contributed by atoms with Crippen LogP contribution >= 0.6 is 0 Å². The summed E-state index contributed by atoms with van der Waals surface area (Å²) in [5, 5.41) is 26.7. The topological polar surface area (TPSA) is 248 Å². The zero-order valence-corrected chi connectivity index (χ0v) is 43.7. The van der Waals surface area contributed by atoms with Gasteiger partial charge in [-0.15, -0.1) is 0 Å². The molecule has 5 atom stereocenters. The molecule has 0 saturated carbocycles. The number of carbonyl (C=O) groups is 5. The van der Waals surface area contributed by atoms with Crippen molar-refractivity contribution in [2.24, 2.45) is 16.6 Å². The summed E-state index contributed by atoms with van der Waals surface area (Å²) in [6, 6.07) is 26.7. The molecule has 2 unspecified atom stereocenters. The highest BCUT2D eigenvalue weighted by Crippen LogP contribution is 2.45. The van der Waals surface area contributed by atoms with Crippen molar-refractivity contribution in [2.75, 3.05) is 37.7 Å². The summed E-state index contributed by atoms with van der Waals surface area (Å²) >= 11 is 0. The lowest BCUT2D eigenvalue weighted by Crippen LogP contribution is -2.66. The lowest BCUT2D eigenvalue weighted by Gasteiger charge is -2.47. The van der Waals surface area contributed by atoms with Crippen molar-refractivity contribution in [1.82, 2.24) is 15.1 Å². The normalized spacial score (nSPS) is 18.9. The molecule has 5 amide bonds. The zero-order valence-electron chi connectivity index (χ0n) is 43.7. The monoisotopic (exact) mass is 1050 g/mol. The number of aliphatic imine (C=N–C) groups is 1. The van der Waals surface area contributed by atoms with Crippen LogP contribution in [0.1, 0.15) is 88.6 Å². The number of rotatable bonds is 18. The molecule has 0 aliphatic carbocycles. The Labute approximate surface area is 446 Å². The molecule has 0 bridgehead atoms. The third-order valence-corrected chi connectivity index (χ3v) is 14.7. The Morgan fingerprint density at radius 2 is 1.42 bits per heavy atom. The minimum atomic E-state index is -1.80. The number of aliphatic hydroxyl groups excluding tert-OH is 1.